The molecular weight excluding hydrogens is 372 g/mol. The predicted octanol–water partition coefficient (Wildman–Crippen LogP) is 4.97. The number of methoxy groups -OCH3 is 2. The summed E-state index contributed by atoms with van der Waals surface area (Å²) < 4.78 is 22.6. The summed E-state index contributed by atoms with van der Waals surface area (Å²) in [4.78, 5) is 10.7. The Balaban J connectivity index is 1.55. The Hall–Kier alpha value is -2.32. The molecule has 0 unspecified atom stereocenters. The zero-order valence-corrected chi connectivity index (χ0v) is 15.9. The van der Waals surface area contributed by atoms with Crippen molar-refractivity contribution >= 4 is 43.3 Å². The highest BCUT2D eigenvalue weighted by atomic mass is 32.1. The number of furan rings is 1. The summed E-state index contributed by atoms with van der Waals surface area (Å²) in [6.45, 7) is 0.736. The van der Waals surface area contributed by atoms with Gasteiger partial charge in [-0.3, -0.25) is 0 Å². The van der Waals surface area contributed by atoms with Gasteiger partial charge in [0.15, 0.2) is 20.4 Å². The van der Waals surface area contributed by atoms with E-state index < -0.39 is 0 Å². The molecule has 8 heteroatoms. The van der Waals surface area contributed by atoms with Gasteiger partial charge < -0.3 is 18.6 Å². The van der Waals surface area contributed by atoms with Crippen molar-refractivity contribution in [2.75, 3.05) is 20.8 Å². The molecule has 4 aromatic rings. The summed E-state index contributed by atoms with van der Waals surface area (Å²) in [6.07, 6.45) is 2.49. The van der Waals surface area contributed by atoms with Crippen molar-refractivity contribution in [1.82, 2.24) is 9.97 Å². The fourth-order valence-electron chi connectivity index (χ4n) is 2.73. The number of nitrogens with zero attached hydrogens (tertiary/aromatic N) is 2. The molecule has 0 saturated heterocycles. The van der Waals surface area contributed by atoms with E-state index in [4.69, 9.17) is 18.6 Å². The Morgan fingerprint density at radius 2 is 1.92 bits per heavy atom. The third kappa shape index (κ3) is 2.79. The molecule has 5 rings (SSSR count). The lowest BCUT2D eigenvalue weighted by atomic mass is 10.2. The first kappa shape index (κ1) is 15.9. The van der Waals surface area contributed by atoms with E-state index in [1.54, 1.807) is 14.2 Å². The Labute approximate surface area is 157 Å². The van der Waals surface area contributed by atoms with Gasteiger partial charge in [-0.1, -0.05) is 22.7 Å². The molecule has 0 atom stereocenters. The van der Waals surface area contributed by atoms with E-state index in [2.05, 4.69) is 9.97 Å². The molecule has 134 valence electrons. The van der Waals surface area contributed by atoms with Crippen molar-refractivity contribution in [2.24, 2.45) is 5.92 Å². The zero-order chi connectivity index (χ0) is 17.7. The SMILES string of the molecule is COc1cc(OCC2CC2)c2cc(-c3nc4sc(OC)nc4s3)oc2c1. The summed E-state index contributed by atoms with van der Waals surface area (Å²) in [5.74, 6) is 2.89. The zero-order valence-electron chi connectivity index (χ0n) is 14.3. The highest BCUT2D eigenvalue weighted by molar-refractivity contribution is 7.28. The topological polar surface area (TPSA) is 66.6 Å². The van der Waals surface area contributed by atoms with Crippen LogP contribution < -0.4 is 14.2 Å². The molecule has 1 aliphatic carbocycles. The maximum Gasteiger partial charge on any atom is 0.276 e. The number of hydrogen-bond donors (Lipinski definition) is 0. The van der Waals surface area contributed by atoms with E-state index in [1.165, 1.54) is 35.5 Å². The number of rotatable bonds is 6. The molecule has 0 amide bonds. The molecule has 0 radical (unpaired) electrons. The highest BCUT2D eigenvalue weighted by Gasteiger charge is 2.23. The molecule has 0 N–H and O–H groups in total. The molecule has 0 aliphatic heterocycles. The molecule has 0 spiro atoms. The third-order valence-corrected chi connectivity index (χ3v) is 6.33. The van der Waals surface area contributed by atoms with Gasteiger partial charge in [0.05, 0.1) is 26.2 Å². The second kappa shape index (κ2) is 6.14. The molecule has 3 aromatic heterocycles. The fourth-order valence-corrected chi connectivity index (χ4v) is 4.54. The summed E-state index contributed by atoms with van der Waals surface area (Å²) >= 11 is 2.92. The normalized spacial score (nSPS) is 14.2. The van der Waals surface area contributed by atoms with Gasteiger partial charge in [-0.2, -0.15) is 4.98 Å². The van der Waals surface area contributed by atoms with Crippen LogP contribution in [0.1, 0.15) is 12.8 Å². The summed E-state index contributed by atoms with van der Waals surface area (Å²) in [6, 6.07) is 5.77. The van der Waals surface area contributed by atoms with E-state index >= 15 is 0 Å². The standard InChI is InChI=1S/C18H16N2O4S2/c1-21-10-5-12(23-8-9-3-4-9)11-7-14(24-13(11)6-10)15-19-16-17(25-15)20-18(22-2)26-16/h5-7,9H,3-4,8H2,1-2H3. The van der Waals surface area contributed by atoms with Crippen LogP contribution in [0.25, 0.3) is 31.4 Å². The molecule has 1 saturated carbocycles. The Morgan fingerprint density at radius 1 is 1.08 bits per heavy atom. The summed E-state index contributed by atoms with van der Waals surface area (Å²) in [5, 5.41) is 2.35. The molecule has 6 nitrogen and oxygen atoms in total. The van der Waals surface area contributed by atoms with E-state index in [1.807, 2.05) is 18.2 Å². The Kier molecular flexibility index (Phi) is 3.75. The monoisotopic (exact) mass is 388 g/mol. The maximum absolute atomic E-state index is 6.05. The van der Waals surface area contributed by atoms with Gasteiger partial charge in [0.2, 0.25) is 0 Å². The third-order valence-electron chi connectivity index (χ3n) is 4.32. The Bertz CT molecular complexity index is 1060. The van der Waals surface area contributed by atoms with Crippen molar-refractivity contribution in [3.8, 4) is 27.5 Å². The van der Waals surface area contributed by atoms with Gasteiger partial charge in [0, 0.05) is 12.1 Å². The van der Waals surface area contributed by atoms with E-state index in [9.17, 15) is 0 Å². The first-order chi connectivity index (χ1) is 12.7. The average molecular weight is 388 g/mol. The fraction of sp³-hybridized carbons (Fsp3) is 0.333. The van der Waals surface area contributed by atoms with Crippen LogP contribution in [0.5, 0.6) is 16.7 Å². The van der Waals surface area contributed by atoms with Crippen LogP contribution in [0, 0.1) is 5.92 Å². The second-order valence-corrected chi connectivity index (χ2v) is 8.13. The lowest BCUT2D eigenvalue weighted by Crippen LogP contribution is -1.99. The van der Waals surface area contributed by atoms with E-state index in [-0.39, 0.29) is 0 Å². The van der Waals surface area contributed by atoms with Crippen molar-refractivity contribution in [3.05, 3.63) is 18.2 Å². The molecule has 1 fully saturated rings. The molecule has 0 bridgehead atoms. The van der Waals surface area contributed by atoms with Gasteiger partial charge >= 0.3 is 0 Å². The minimum absolute atomic E-state index is 0.621. The smallest absolute Gasteiger partial charge is 0.276 e. The highest BCUT2D eigenvalue weighted by Crippen LogP contribution is 2.41. The number of benzene rings is 1. The van der Waals surface area contributed by atoms with Crippen LogP contribution in [0.4, 0.5) is 0 Å². The maximum atomic E-state index is 6.05. The van der Waals surface area contributed by atoms with Gasteiger partial charge in [-0.15, -0.1) is 0 Å². The molecule has 1 aromatic carbocycles. The molecule has 26 heavy (non-hydrogen) atoms. The minimum atomic E-state index is 0.621. The quantitative estimate of drug-likeness (QED) is 0.464. The number of ether oxygens (including phenoxy) is 3. The first-order valence-electron chi connectivity index (χ1n) is 8.29. The largest absolute Gasteiger partial charge is 0.496 e. The number of fused-ring (bicyclic) bond motifs is 2. The van der Waals surface area contributed by atoms with Crippen molar-refractivity contribution in [1.29, 1.82) is 0 Å². The van der Waals surface area contributed by atoms with Crippen LogP contribution in [-0.2, 0) is 0 Å². The van der Waals surface area contributed by atoms with E-state index in [0.717, 1.165) is 43.7 Å². The van der Waals surface area contributed by atoms with Gasteiger partial charge in [-0.05, 0) is 24.8 Å². The van der Waals surface area contributed by atoms with Crippen molar-refractivity contribution in [3.63, 3.8) is 0 Å². The summed E-state index contributed by atoms with van der Waals surface area (Å²) in [5.41, 5.74) is 0.731. The van der Waals surface area contributed by atoms with Crippen LogP contribution in [-0.4, -0.2) is 30.8 Å². The van der Waals surface area contributed by atoms with E-state index in [0.29, 0.717) is 16.9 Å². The molecule has 1 aliphatic rings. The van der Waals surface area contributed by atoms with Crippen LogP contribution in [0.15, 0.2) is 22.6 Å². The average Bonchev–Trinajstić information content (AvgIpc) is 3.06. The van der Waals surface area contributed by atoms with Gasteiger partial charge in [-0.25, -0.2) is 4.98 Å². The number of thiazole rings is 2. The van der Waals surface area contributed by atoms with Crippen LogP contribution in [0.3, 0.4) is 0 Å². The number of aromatic nitrogens is 2. The molecule has 3 heterocycles. The lowest BCUT2D eigenvalue weighted by molar-refractivity contribution is 0.301. The van der Waals surface area contributed by atoms with Crippen LogP contribution in [0.2, 0.25) is 0 Å². The van der Waals surface area contributed by atoms with Crippen molar-refractivity contribution in [2.45, 2.75) is 12.8 Å². The number of hydrogen-bond acceptors (Lipinski definition) is 8. The molecular formula is C18H16N2O4S2. The minimum Gasteiger partial charge on any atom is -0.496 e. The van der Waals surface area contributed by atoms with Gasteiger partial charge in [0.1, 0.15) is 17.1 Å². The summed E-state index contributed by atoms with van der Waals surface area (Å²) in [7, 11) is 3.25. The predicted molar refractivity (Wildman–Crippen MR) is 102 cm³/mol. The van der Waals surface area contributed by atoms with Gasteiger partial charge in [0.25, 0.3) is 5.19 Å². The lowest BCUT2D eigenvalue weighted by Gasteiger charge is -2.08. The van der Waals surface area contributed by atoms with Crippen LogP contribution >= 0.6 is 22.7 Å². The Morgan fingerprint density at radius 3 is 2.65 bits per heavy atom. The van der Waals surface area contributed by atoms with Crippen molar-refractivity contribution < 1.29 is 18.6 Å². The first-order valence-corrected chi connectivity index (χ1v) is 9.93. The second-order valence-electron chi connectivity index (χ2n) is 6.22.